The average Bonchev–Trinajstić information content (AvgIpc) is 2.31. The molecule has 0 aliphatic rings. The second-order valence-electron chi connectivity index (χ2n) is 3.42. The van der Waals surface area contributed by atoms with Gasteiger partial charge in [0.05, 0.1) is 12.1 Å². The molecule has 0 N–H and O–H groups in total. The van der Waals surface area contributed by atoms with E-state index in [0.717, 1.165) is 11.1 Å². The van der Waals surface area contributed by atoms with Gasteiger partial charge < -0.3 is 0 Å². The van der Waals surface area contributed by atoms with Crippen LogP contribution in [0.5, 0.6) is 0 Å². The number of rotatable bonds is 4. The fraction of sp³-hybridized carbons (Fsp3) is 0.333. The summed E-state index contributed by atoms with van der Waals surface area (Å²) in [6, 6.07) is 11.6. The number of halogens is 2. The third kappa shape index (κ3) is 4.11. The Morgan fingerprint density at radius 3 is 1.44 bits per heavy atom. The summed E-state index contributed by atoms with van der Waals surface area (Å²) in [6.45, 7) is 0. The standard InChI is InChI=1S/C12H10Cl2N2/c13-11(7-15)5-9-1-2-10(4-3-9)6-12(14)8-16/h1-4,11-12H,5-6H2/t11-,12-/m0/s1. The summed E-state index contributed by atoms with van der Waals surface area (Å²) < 4.78 is 0. The van der Waals surface area contributed by atoms with Crippen LogP contribution >= 0.6 is 23.2 Å². The van der Waals surface area contributed by atoms with Gasteiger partial charge in [-0.05, 0) is 11.1 Å². The van der Waals surface area contributed by atoms with Gasteiger partial charge in [-0.2, -0.15) is 10.5 Å². The van der Waals surface area contributed by atoms with Gasteiger partial charge in [0.15, 0.2) is 0 Å². The lowest BCUT2D eigenvalue weighted by atomic mass is 10.0. The molecule has 0 spiro atoms. The van der Waals surface area contributed by atoms with Crippen LogP contribution < -0.4 is 0 Å². The van der Waals surface area contributed by atoms with Crippen LogP contribution in [-0.2, 0) is 12.8 Å². The first-order valence-corrected chi connectivity index (χ1v) is 5.68. The molecule has 0 aliphatic carbocycles. The zero-order valence-corrected chi connectivity index (χ0v) is 10.0. The topological polar surface area (TPSA) is 47.6 Å². The van der Waals surface area contributed by atoms with Crippen molar-refractivity contribution >= 4 is 23.2 Å². The van der Waals surface area contributed by atoms with Crippen molar-refractivity contribution < 1.29 is 0 Å². The monoisotopic (exact) mass is 252 g/mol. The van der Waals surface area contributed by atoms with Gasteiger partial charge in [0.2, 0.25) is 0 Å². The lowest BCUT2D eigenvalue weighted by Gasteiger charge is -2.04. The second-order valence-corrected chi connectivity index (χ2v) is 4.47. The van der Waals surface area contributed by atoms with Crippen molar-refractivity contribution in [2.75, 3.05) is 0 Å². The van der Waals surface area contributed by atoms with Gasteiger partial charge in [0.25, 0.3) is 0 Å². The van der Waals surface area contributed by atoms with E-state index in [4.69, 9.17) is 33.7 Å². The van der Waals surface area contributed by atoms with Crippen molar-refractivity contribution in [2.24, 2.45) is 0 Å². The van der Waals surface area contributed by atoms with E-state index in [-0.39, 0.29) is 0 Å². The molecule has 0 unspecified atom stereocenters. The quantitative estimate of drug-likeness (QED) is 0.774. The average molecular weight is 253 g/mol. The van der Waals surface area contributed by atoms with Crippen molar-refractivity contribution in [3.05, 3.63) is 35.4 Å². The Hall–Kier alpha value is -1.22. The highest BCUT2D eigenvalue weighted by Gasteiger charge is 2.06. The molecule has 0 bridgehead atoms. The van der Waals surface area contributed by atoms with Crippen LogP contribution in [0.1, 0.15) is 11.1 Å². The van der Waals surface area contributed by atoms with E-state index < -0.39 is 10.8 Å². The third-order valence-electron chi connectivity index (χ3n) is 2.13. The van der Waals surface area contributed by atoms with Gasteiger partial charge in [-0.1, -0.05) is 24.3 Å². The lowest BCUT2D eigenvalue weighted by molar-refractivity contribution is 0.993. The first-order valence-electron chi connectivity index (χ1n) is 4.81. The highest BCUT2D eigenvalue weighted by Crippen LogP contribution is 2.12. The van der Waals surface area contributed by atoms with Crippen molar-refractivity contribution in [3.63, 3.8) is 0 Å². The molecule has 1 rings (SSSR count). The molecule has 0 saturated carbocycles. The van der Waals surface area contributed by atoms with Gasteiger partial charge in [-0.25, -0.2) is 0 Å². The Morgan fingerprint density at radius 1 is 0.875 bits per heavy atom. The van der Waals surface area contributed by atoms with Crippen LogP contribution in [0.3, 0.4) is 0 Å². The normalized spacial score (nSPS) is 13.5. The van der Waals surface area contributed by atoms with E-state index in [0.29, 0.717) is 12.8 Å². The summed E-state index contributed by atoms with van der Waals surface area (Å²) in [5.41, 5.74) is 2.02. The second kappa shape index (κ2) is 6.38. The first-order chi connectivity index (χ1) is 7.65. The molecule has 1 aromatic carbocycles. The molecular formula is C12H10Cl2N2. The number of hydrogen-bond donors (Lipinski definition) is 0. The fourth-order valence-electron chi connectivity index (χ4n) is 1.32. The van der Waals surface area contributed by atoms with Crippen LogP contribution in [0, 0.1) is 22.7 Å². The smallest absolute Gasteiger partial charge is 0.124 e. The Morgan fingerprint density at radius 2 is 1.19 bits per heavy atom. The van der Waals surface area contributed by atoms with Crippen LogP contribution in [0.2, 0.25) is 0 Å². The predicted octanol–water partition coefficient (Wildman–Crippen LogP) is 3.03. The number of alkyl halides is 2. The van der Waals surface area contributed by atoms with E-state index in [2.05, 4.69) is 0 Å². The van der Waals surface area contributed by atoms with Crippen molar-refractivity contribution in [1.29, 1.82) is 10.5 Å². The molecule has 4 heteroatoms. The maximum Gasteiger partial charge on any atom is 0.124 e. The van der Waals surface area contributed by atoms with Gasteiger partial charge in [-0.3, -0.25) is 0 Å². The minimum Gasteiger partial charge on any atom is -0.197 e. The highest BCUT2D eigenvalue weighted by molar-refractivity contribution is 6.22. The molecule has 0 saturated heterocycles. The van der Waals surface area contributed by atoms with Gasteiger partial charge in [0, 0.05) is 12.8 Å². The maximum absolute atomic E-state index is 8.57. The fourth-order valence-corrected chi connectivity index (χ4v) is 1.67. The Kier molecular flexibility index (Phi) is 5.12. The van der Waals surface area contributed by atoms with Crippen LogP contribution in [0.25, 0.3) is 0 Å². The third-order valence-corrected chi connectivity index (χ3v) is 2.64. The Balaban J connectivity index is 2.62. The minimum absolute atomic E-state index is 0.495. The molecule has 0 amide bonds. The van der Waals surface area contributed by atoms with Gasteiger partial charge >= 0.3 is 0 Å². The number of nitriles is 2. The summed E-state index contributed by atoms with van der Waals surface area (Å²) in [5, 5.41) is 16.1. The number of benzene rings is 1. The molecule has 0 radical (unpaired) electrons. The van der Waals surface area contributed by atoms with Crippen molar-refractivity contribution in [3.8, 4) is 12.1 Å². The Bertz CT molecular complexity index is 373. The first kappa shape index (κ1) is 12.8. The Labute approximate surface area is 105 Å². The molecule has 1 aromatic rings. The summed E-state index contributed by atoms with van der Waals surface area (Å²) in [6.07, 6.45) is 1.06. The SMILES string of the molecule is N#C[C@@H](Cl)Cc1ccc(C[C@H](Cl)C#N)cc1. The highest BCUT2D eigenvalue weighted by atomic mass is 35.5. The van der Waals surface area contributed by atoms with Gasteiger partial charge in [-0.15, -0.1) is 23.2 Å². The molecule has 82 valence electrons. The molecule has 0 aliphatic heterocycles. The number of nitrogens with zero attached hydrogens (tertiary/aromatic N) is 2. The van der Waals surface area contributed by atoms with Crippen molar-refractivity contribution in [2.45, 2.75) is 23.6 Å². The van der Waals surface area contributed by atoms with E-state index in [1.54, 1.807) is 0 Å². The molecule has 2 atom stereocenters. The van der Waals surface area contributed by atoms with Crippen LogP contribution in [-0.4, -0.2) is 10.8 Å². The summed E-state index contributed by atoms with van der Waals surface area (Å²) >= 11 is 11.4. The lowest BCUT2D eigenvalue weighted by Crippen LogP contribution is -2.01. The zero-order chi connectivity index (χ0) is 12.0. The van der Waals surface area contributed by atoms with E-state index in [1.165, 1.54) is 0 Å². The van der Waals surface area contributed by atoms with E-state index in [9.17, 15) is 0 Å². The van der Waals surface area contributed by atoms with Crippen molar-refractivity contribution in [1.82, 2.24) is 0 Å². The molecule has 16 heavy (non-hydrogen) atoms. The predicted molar refractivity (Wildman–Crippen MR) is 64.4 cm³/mol. The van der Waals surface area contributed by atoms with E-state index in [1.807, 2.05) is 36.4 Å². The minimum atomic E-state index is -0.495. The number of hydrogen-bond acceptors (Lipinski definition) is 2. The summed E-state index contributed by atoms with van der Waals surface area (Å²) in [7, 11) is 0. The van der Waals surface area contributed by atoms with Gasteiger partial charge in [0.1, 0.15) is 10.8 Å². The summed E-state index contributed by atoms with van der Waals surface area (Å²) in [4.78, 5) is 0. The molecule has 0 heterocycles. The largest absolute Gasteiger partial charge is 0.197 e. The molecular weight excluding hydrogens is 243 g/mol. The molecule has 2 nitrogen and oxygen atoms in total. The maximum atomic E-state index is 8.57. The van der Waals surface area contributed by atoms with Crippen LogP contribution in [0.4, 0.5) is 0 Å². The zero-order valence-electron chi connectivity index (χ0n) is 8.53. The molecule has 0 fully saturated rings. The summed E-state index contributed by atoms with van der Waals surface area (Å²) in [5.74, 6) is 0. The molecule has 0 aromatic heterocycles. The van der Waals surface area contributed by atoms with E-state index >= 15 is 0 Å². The van der Waals surface area contributed by atoms with Crippen LogP contribution in [0.15, 0.2) is 24.3 Å².